The van der Waals surface area contributed by atoms with Gasteiger partial charge in [-0.25, -0.2) is 0 Å². The summed E-state index contributed by atoms with van der Waals surface area (Å²) in [5, 5.41) is 1.99. The number of benzene rings is 2. The van der Waals surface area contributed by atoms with Gasteiger partial charge in [0.15, 0.2) is 0 Å². The molecule has 1 aliphatic rings. The first-order valence-corrected chi connectivity index (χ1v) is 18.0. The average molecular weight is 575 g/mol. The molecule has 1 fully saturated rings. The van der Waals surface area contributed by atoms with Crippen molar-refractivity contribution in [3.8, 4) is 11.1 Å². The molecule has 39 heavy (non-hydrogen) atoms. The van der Waals surface area contributed by atoms with Crippen LogP contribution >= 0.6 is 7.92 Å². The lowest BCUT2D eigenvalue weighted by Crippen LogP contribution is -2.51. The fraction of sp³-hybridized carbons (Fsp3) is 0.647. The summed E-state index contributed by atoms with van der Waals surface area (Å²) in [5.74, 6) is 1.56. The van der Waals surface area contributed by atoms with Gasteiger partial charge in [0.1, 0.15) is 0 Å². The van der Waals surface area contributed by atoms with Gasteiger partial charge < -0.3 is 0 Å². The molecule has 0 aromatic heterocycles. The zero-order valence-electron chi connectivity index (χ0n) is 26.9. The van der Waals surface area contributed by atoms with Gasteiger partial charge in [-0.1, -0.05) is 127 Å². The Balaban J connectivity index is 0.000000976. The van der Waals surface area contributed by atoms with E-state index in [-0.39, 0.29) is 18.8 Å². The molecule has 1 atom stereocenters. The van der Waals surface area contributed by atoms with Gasteiger partial charge in [0.05, 0.1) is 6.26 Å². The van der Waals surface area contributed by atoms with Crippen LogP contribution in [0.1, 0.15) is 130 Å². The van der Waals surface area contributed by atoms with Gasteiger partial charge >= 0.3 is 0 Å². The molecule has 3 rings (SSSR count). The second-order valence-electron chi connectivity index (χ2n) is 14.4. The van der Waals surface area contributed by atoms with Crippen molar-refractivity contribution in [2.24, 2.45) is 10.8 Å². The number of rotatable bonds is 5. The molecule has 1 heterocycles. The van der Waals surface area contributed by atoms with Gasteiger partial charge in [0.2, 0.25) is 0 Å². The van der Waals surface area contributed by atoms with E-state index in [1.54, 1.807) is 5.30 Å². The van der Waals surface area contributed by atoms with Crippen LogP contribution in [-0.2, 0) is 10.1 Å². The Labute approximate surface area is 242 Å². The molecule has 0 radical (unpaired) electrons. The molecule has 220 valence electrons. The maximum absolute atomic E-state index is 9.19. The summed E-state index contributed by atoms with van der Waals surface area (Å²) in [7, 11) is -3.96. The first kappa shape index (κ1) is 34.0. The minimum absolute atomic E-state index is 0.268. The van der Waals surface area contributed by atoms with Gasteiger partial charge in [-0.3, -0.25) is 4.55 Å². The zero-order valence-corrected chi connectivity index (χ0v) is 28.6. The predicted molar refractivity (Wildman–Crippen MR) is 174 cm³/mol. The summed E-state index contributed by atoms with van der Waals surface area (Å²) in [6.07, 6.45) is 4.78. The van der Waals surface area contributed by atoms with Crippen LogP contribution < -0.4 is 5.30 Å². The van der Waals surface area contributed by atoms with E-state index in [9.17, 15) is 8.42 Å². The Kier molecular flexibility index (Phi) is 10.7. The van der Waals surface area contributed by atoms with E-state index in [1.165, 1.54) is 46.8 Å². The largest absolute Gasteiger partial charge is 0.286 e. The SMILES string of the molecule is CC(C)c1cc(C(C)C)c(-c2ccccc2P2CCCC2(C(C)(C)C)C(C)(C)C)c(C(C)C)c1.CS(=O)(=O)O. The van der Waals surface area contributed by atoms with Crippen LogP contribution in [0.2, 0.25) is 0 Å². The van der Waals surface area contributed by atoms with Crippen LogP contribution in [0.4, 0.5) is 0 Å². The lowest BCUT2D eigenvalue weighted by molar-refractivity contribution is 0.133. The van der Waals surface area contributed by atoms with E-state index in [2.05, 4.69) is 119 Å². The maximum atomic E-state index is 9.19. The summed E-state index contributed by atoms with van der Waals surface area (Å²) in [6.45, 7) is 29.3. The highest BCUT2D eigenvalue weighted by Crippen LogP contribution is 2.71. The highest BCUT2D eigenvalue weighted by molar-refractivity contribution is 7.85. The van der Waals surface area contributed by atoms with E-state index in [1.807, 2.05) is 0 Å². The predicted octanol–water partition coefficient (Wildman–Crippen LogP) is 9.96. The molecule has 1 saturated heterocycles. The van der Waals surface area contributed by atoms with Crippen molar-refractivity contribution in [2.45, 2.75) is 119 Å². The molecule has 0 bridgehead atoms. The second kappa shape index (κ2) is 12.3. The molecule has 0 aliphatic carbocycles. The van der Waals surface area contributed by atoms with Crippen molar-refractivity contribution in [3.63, 3.8) is 0 Å². The third kappa shape index (κ3) is 7.55. The minimum atomic E-state index is -3.67. The van der Waals surface area contributed by atoms with Gasteiger partial charge in [0.25, 0.3) is 10.1 Å². The van der Waals surface area contributed by atoms with Crippen LogP contribution in [-0.4, -0.2) is 30.5 Å². The van der Waals surface area contributed by atoms with E-state index >= 15 is 0 Å². The quantitative estimate of drug-likeness (QED) is 0.286. The summed E-state index contributed by atoms with van der Waals surface area (Å²) in [6, 6.07) is 14.6. The topological polar surface area (TPSA) is 54.4 Å². The van der Waals surface area contributed by atoms with Crippen molar-refractivity contribution in [1.29, 1.82) is 0 Å². The zero-order chi connectivity index (χ0) is 30.1. The van der Waals surface area contributed by atoms with Crippen LogP contribution in [0, 0.1) is 10.8 Å². The molecule has 0 saturated carbocycles. The van der Waals surface area contributed by atoms with Crippen LogP contribution in [0.3, 0.4) is 0 Å². The highest BCUT2D eigenvalue weighted by Gasteiger charge is 2.57. The first-order valence-electron chi connectivity index (χ1n) is 14.6. The third-order valence-corrected chi connectivity index (χ3v) is 12.7. The first-order chi connectivity index (χ1) is 17.6. The van der Waals surface area contributed by atoms with Gasteiger partial charge in [-0.05, 0) is 80.7 Å². The van der Waals surface area contributed by atoms with Crippen molar-refractivity contribution in [1.82, 2.24) is 0 Å². The molecule has 2 aromatic rings. The van der Waals surface area contributed by atoms with Gasteiger partial charge in [0, 0.05) is 5.16 Å². The summed E-state index contributed by atoms with van der Waals surface area (Å²) >= 11 is 0. The Bertz CT molecular complexity index is 1180. The van der Waals surface area contributed by atoms with E-state index in [4.69, 9.17) is 4.55 Å². The fourth-order valence-electron chi connectivity index (χ4n) is 7.02. The van der Waals surface area contributed by atoms with Crippen molar-refractivity contribution >= 4 is 23.3 Å². The number of hydrogen-bond acceptors (Lipinski definition) is 2. The smallest absolute Gasteiger partial charge is 0.261 e. The fourth-order valence-corrected chi connectivity index (χ4v) is 11.3. The van der Waals surface area contributed by atoms with Gasteiger partial charge in [-0.2, -0.15) is 8.42 Å². The molecule has 3 nitrogen and oxygen atoms in total. The van der Waals surface area contributed by atoms with E-state index in [0.717, 1.165) is 0 Å². The molecular formula is C34H55O3PS. The second-order valence-corrected chi connectivity index (χ2v) is 18.4. The van der Waals surface area contributed by atoms with Crippen LogP contribution in [0.5, 0.6) is 0 Å². The normalized spacial score (nSPS) is 18.0. The minimum Gasteiger partial charge on any atom is -0.286 e. The Hall–Kier alpha value is -1.22. The monoisotopic (exact) mass is 574 g/mol. The number of hydrogen-bond donors (Lipinski definition) is 1. The average Bonchev–Trinajstić information content (AvgIpc) is 3.23. The van der Waals surface area contributed by atoms with Crippen molar-refractivity contribution in [3.05, 3.63) is 53.1 Å². The van der Waals surface area contributed by atoms with Crippen molar-refractivity contribution < 1.29 is 13.0 Å². The molecular weight excluding hydrogens is 519 g/mol. The molecule has 0 amide bonds. The Morgan fingerprint density at radius 2 is 1.26 bits per heavy atom. The third-order valence-electron chi connectivity index (χ3n) is 8.46. The summed E-state index contributed by atoms with van der Waals surface area (Å²) in [4.78, 5) is 0. The Morgan fingerprint density at radius 1 is 0.821 bits per heavy atom. The maximum Gasteiger partial charge on any atom is 0.261 e. The van der Waals surface area contributed by atoms with Crippen LogP contribution in [0.25, 0.3) is 11.1 Å². The molecule has 1 N–H and O–H groups in total. The van der Waals surface area contributed by atoms with Crippen molar-refractivity contribution in [2.75, 3.05) is 12.4 Å². The molecule has 5 heteroatoms. The summed E-state index contributed by atoms with van der Waals surface area (Å²) in [5.41, 5.74) is 8.15. The molecule has 0 spiro atoms. The van der Waals surface area contributed by atoms with Gasteiger partial charge in [-0.15, -0.1) is 0 Å². The molecule has 1 unspecified atom stereocenters. The summed E-state index contributed by atoms with van der Waals surface area (Å²) < 4.78 is 25.9. The lowest BCUT2D eigenvalue weighted by atomic mass is 9.64. The highest BCUT2D eigenvalue weighted by atomic mass is 32.2. The van der Waals surface area contributed by atoms with Crippen LogP contribution in [0.15, 0.2) is 36.4 Å². The Morgan fingerprint density at radius 3 is 1.64 bits per heavy atom. The molecule has 1 aliphatic heterocycles. The lowest BCUT2D eigenvalue weighted by Gasteiger charge is -2.56. The molecule has 2 aromatic carbocycles. The van der Waals surface area contributed by atoms with E-state index in [0.29, 0.717) is 29.2 Å². The van der Waals surface area contributed by atoms with E-state index < -0.39 is 10.1 Å². The standard InChI is InChI=1S/C33H51P.CH4O3S/c1-22(2)25-20-27(23(3)4)30(28(21-25)24(5)6)26-16-13-14-17-29(26)34-19-15-18-33(34,31(7,8)9)32(10,11)12;1-5(2,3)4/h13-14,16-17,20-24H,15,18-19H2,1-12H3;1H3,(H,2,3,4).